The maximum atomic E-state index is 14.1. The van der Waals surface area contributed by atoms with Crippen LogP contribution < -0.4 is 41.4 Å². The van der Waals surface area contributed by atoms with Crippen molar-refractivity contribution in [2.45, 2.75) is 24.6 Å². The van der Waals surface area contributed by atoms with Crippen molar-refractivity contribution in [3.8, 4) is 11.5 Å². The number of nitrogens with one attached hydrogen (secondary N) is 3. The van der Waals surface area contributed by atoms with Gasteiger partial charge in [0.05, 0.1) is 22.2 Å². The fraction of sp³-hybridized carbons (Fsp3) is 0.105. The molecule has 0 spiro atoms. The first-order chi connectivity index (χ1) is 28.0. The van der Waals surface area contributed by atoms with Crippen LogP contribution in [0, 0.1) is 24.8 Å². The molecular weight excluding hydrogens is 858 g/mol. The third-order valence-corrected chi connectivity index (χ3v) is 8.97. The van der Waals surface area contributed by atoms with Gasteiger partial charge in [-0.2, -0.15) is 9.97 Å². The molecule has 23 heteroatoms. The lowest BCUT2D eigenvalue weighted by Crippen LogP contribution is -2.11. The van der Waals surface area contributed by atoms with Crippen LogP contribution in [0.25, 0.3) is 9.69 Å². The van der Waals surface area contributed by atoms with Crippen LogP contribution in [0.2, 0.25) is 5.28 Å². The molecule has 4 aromatic carbocycles. The van der Waals surface area contributed by atoms with Crippen LogP contribution in [-0.2, 0) is 20.0 Å². The van der Waals surface area contributed by atoms with Gasteiger partial charge in [-0.3, -0.25) is 9.69 Å². The Morgan fingerprint density at radius 3 is 1.41 bits per heavy atom. The fourth-order valence-corrected chi connectivity index (χ4v) is 5.38. The van der Waals surface area contributed by atoms with Gasteiger partial charge in [0.1, 0.15) is 11.5 Å². The summed E-state index contributed by atoms with van der Waals surface area (Å²) >= 11 is 5.59. The van der Waals surface area contributed by atoms with Gasteiger partial charge >= 0.3 is 13.5 Å². The zero-order chi connectivity index (χ0) is 43.0. The number of primary sulfonamides is 2. The highest BCUT2D eigenvalue weighted by Crippen LogP contribution is 2.24. The molecule has 9 N–H and O–H groups in total. The first-order valence-corrected chi connectivity index (χ1v) is 19.7. The lowest BCUT2D eigenvalue weighted by molar-refractivity contribution is 0.361. The van der Waals surface area contributed by atoms with Gasteiger partial charge in [-0.25, -0.2) is 59.0 Å². The molecule has 0 aliphatic rings. The molecule has 0 unspecified atom stereocenters. The van der Waals surface area contributed by atoms with Crippen molar-refractivity contribution in [2.24, 2.45) is 10.3 Å². The summed E-state index contributed by atoms with van der Waals surface area (Å²) in [6, 6.07) is 24.6. The van der Waals surface area contributed by atoms with Crippen molar-refractivity contribution in [1.29, 1.82) is 0 Å². The van der Waals surface area contributed by atoms with Gasteiger partial charge in [0, 0.05) is 22.7 Å². The summed E-state index contributed by atoms with van der Waals surface area (Å²) in [6.45, 7) is 13.2. The average Bonchev–Trinajstić information content (AvgIpc) is 3.20. The molecule has 0 radical (unpaired) electrons. The van der Waals surface area contributed by atoms with Crippen molar-refractivity contribution in [2.75, 3.05) is 35.1 Å². The summed E-state index contributed by atoms with van der Waals surface area (Å²) in [6.07, 6.45) is 1.99. The molecule has 0 atom stereocenters. The Kier molecular flexibility index (Phi) is 19.2. The second-order valence-corrected chi connectivity index (χ2v) is 14.7. The van der Waals surface area contributed by atoms with Gasteiger partial charge < -0.3 is 31.2 Å². The molecule has 0 bridgehead atoms. The molecule has 2 heterocycles. The zero-order valence-electron chi connectivity index (χ0n) is 30.1. The molecule has 0 aliphatic heterocycles. The predicted molar refractivity (Wildman–Crippen MR) is 229 cm³/mol. The van der Waals surface area contributed by atoms with Gasteiger partial charge in [0.25, 0.3) is 0 Å². The molecule has 6 aromatic rings. The van der Waals surface area contributed by atoms with E-state index in [2.05, 4.69) is 45.6 Å². The van der Waals surface area contributed by atoms with Crippen molar-refractivity contribution >= 4 is 72.0 Å². The minimum atomic E-state index is -3.79. The van der Waals surface area contributed by atoms with Crippen LogP contribution in [-0.4, -0.2) is 50.2 Å². The normalized spacial score (nSPS) is 10.2. The quantitative estimate of drug-likeness (QED) is 0.0396. The fourth-order valence-electron chi connectivity index (χ4n) is 4.22. The summed E-state index contributed by atoms with van der Waals surface area (Å²) in [5.74, 6) is -0.142. The molecule has 61 heavy (non-hydrogen) atoms. The van der Waals surface area contributed by atoms with E-state index in [4.69, 9.17) is 50.2 Å². The highest BCUT2D eigenvalue weighted by atomic mass is 35.5. The molecule has 0 aliphatic carbocycles. The van der Waals surface area contributed by atoms with E-state index < -0.39 is 31.7 Å². The van der Waals surface area contributed by atoms with Crippen LogP contribution in [0.3, 0.4) is 0 Å². The van der Waals surface area contributed by atoms with Crippen LogP contribution in [0.5, 0.6) is 11.5 Å². The Balaban J connectivity index is 0.000000344. The lowest BCUT2D eigenvalue weighted by Gasteiger charge is -2.10. The van der Waals surface area contributed by atoms with Crippen molar-refractivity contribution in [3.63, 3.8) is 0 Å². The van der Waals surface area contributed by atoms with E-state index in [1.807, 2.05) is 0 Å². The first-order valence-electron chi connectivity index (χ1n) is 16.2. The number of aromatic nitrogens is 4. The van der Waals surface area contributed by atoms with Crippen LogP contribution in [0.4, 0.5) is 49.1 Å². The number of benzene rings is 4. The molecule has 0 saturated carbocycles. The van der Waals surface area contributed by atoms with Gasteiger partial charge in [-0.1, -0.05) is 14.9 Å². The number of ether oxygens (including phenoxy) is 2. The lowest BCUT2D eigenvalue weighted by atomic mass is 10.3. The van der Waals surface area contributed by atoms with E-state index in [1.54, 1.807) is 48.5 Å². The first kappa shape index (κ1) is 49.9. The molecule has 6 rings (SSSR count). The third kappa shape index (κ3) is 16.5. The summed E-state index contributed by atoms with van der Waals surface area (Å²) in [5, 5.41) is 18.3. The highest BCUT2D eigenvalue weighted by molar-refractivity contribution is 7.89. The molecule has 18 nitrogen and oxygen atoms in total. The minimum absolute atomic E-state index is 0. The number of rotatable bonds is 12. The highest BCUT2D eigenvalue weighted by Gasteiger charge is 2.11. The SMILES string of the molecule is C.C.Nc1ccc(S(N)(=O)=O)cc1.[C-]#[N+]COc1ccc(Nc2nc(Cl)ncc2F)cc1.[C-]#[N+]COc1ccc(Nc2nc(Nc3ccc(S(N)(=O)=O)cc3)ncc2F)cc1. The summed E-state index contributed by atoms with van der Waals surface area (Å²) in [5.41, 5.74) is 7.51. The molecule has 2 aromatic heterocycles. The van der Waals surface area contributed by atoms with Gasteiger partial charge in [0.2, 0.25) is 31.3 Å². The third-order valence-electron chi connectivity index (χ3n) is 6.93. The van der Waals surface area contributed by atoms with Crippen LogP contribution in [0.1, 0.15) is 14.9 Å². The monoisotopic (exact) mass is 896 g/mol. The number of halogens is 3. The maximum absolute atomic E-state index is 14.1. The number of nitrogen functional groups attached to an aromatic ring is 1. The summed E-state index contributed by atoms with van der Waals surface area (Å²) in [4.78, 5) is 21.4. The van der Waals surface area contributed by atoms with Crippen molar-refractivity contribution in [1.82, 2.24) is 19.9 Å². The van der Waals surface area contributed by atoms with Gasteiger partial charge in [0.15, 0.2) is 23.3 Å². The molecule has 0 amide bonds. The maximum Gasteiger partial charge on any atom is 0.357 e. The smallest absolute Gasteiger partial charge is 0.357 e. The van der Waals surface area contributed by atoms with E-state index in [0.29, 0.717) is 34.2 Å². The standard InChI is InChI=1S/C18H15FN6O3S.C12H8ClFN4O.C6H8N2O2S.2CH4/c1-21-11-28-14-6-2-12(3-7-14)23-17-16(19)10-22-18(25-17)24-13-4-8-15(9-5-13)29(20,26)27;1-15-7-19-9-4-2-8(3-5-9)17-11-10(14)6-16-12(13)18-11;7-5-1-3-6(4-2-5)11(8,9)10;;/h2-10H,11H2,(H2,20,26,27)(H2,22,23,24,25);2-6H,7H2,(H,16,17,18);1-4H,7H2,(H2,8,9,10);2*1H4. The molecular formula is C38H39ClF2N12O6S2. The van der Waals surface area contributed by atoms with Crippen LogP contribution in [0.15, 0.2) is 119 Å². The predicted octanol–water partition coefficient (Wildman–Crippen LogP) is 7.46. The molecule has 0 fully saturated rings. The van der Waals surface area contributed by atoms with E-state index in [0.717, 1.165) is 12.4 Å². The summed E-state index contributed by atoms with van der Waals surface area (Å²) in [7, 11) is -7.36. The average molecular weight is 897 g/mol. The second kappa shape index (κ2) is 23.4. The number of sulfonamides is 2. The van der Waals surface area contributed by atoms with Crippen molar-refractivity contribution in [3.05, 3.63) is 149 Å². The number of hydrogen-bond donors (Lipinski definition) is 6. The van der Waals surface area contributed by atoms with E-state index in [1.165, 1.54) is 48.5 Å². The topological polar surface area (TPSA) is 261 Å². The van der Waals surface area contributed by atoms with Crippen LogP contribution >= 0.6 is 11.6 Å². The van der Waals surface area contributed by atoms with E-state index in [-0.39, 0.29) is 61.0 Å². The minimum Gasteiger partial charge on any atom is -0.426 e. The molecule has 320 valence electrons. The zero-order valence-corrected chi connectivity index (χ0v) is 32.5. The van der Waals surface area contributed by atoms with E-state index >= 15 is 0 Å². The van der Waals surface area contributed by atoms with Crippen molar-refractivity contribution < 1.29 is 35.1 Å². The number of anilines is 7. The number of nitrogens with zero attached hydrogens (tertiary/aromatic N) is 6. The van der Waals surface area contributed by atoms with Gasteiger partial charge in [-0.05, 0) is 109 Å². The Hall–Kier alpha value is -7.21. The Morgan fingerprint density at radius 2 is 0.984 bits per heavy atom. The Labute approximate surface area is 356 Å². The Bertz CT molecular complexity index is 2660. The largest absolute Gasteiger partial charge is 0.426 e. The number of hydrogen-bond acceptors (Lipinski definition) is 14. The molecule has 0 saturated heterocycles. The van der Waals surface area contributed by atoms with E-state index in [9.17, 15) is 25.6 Å². The second-order valence-electron chi connectivity index (χ2n) is 11.2. The Morgan fingerprint density at radius 1 is 0.607 bits per heavy atom. The number of nitrogens with two attached hydrogens (primary N) is 3. The van der Waals surface area contributed by atoms with Gasteiger partial charge in [-0.15, -0.1) is 0 Å². The summed E-state index contributed by atoms with van der Waals surface area (Å²) < 4.78 is 81.7.